The van der Waals surface area contributed by atoms with Crippen LogP contribution in [0.1, 0.15) is 42.6 Å². The molecule has 0 spiro atoms. The molecule has 1 amide bonds. The third-order valence-corrected chi connectivity index (χ3v) is 4.99. The number of hydrogen-bond donors (Lipinski definition) is 1. The van der Waals surface area contributed by atoms with Crippen molar-refractivity contribution in [3.63, 3.8) is 0 Å². The lowest BCUT2D eigenvalue weighted by molar-refractivity contribution is 0.0903. The van der Waals surface area contributed by atoms with Gasteiger partial charge in [-0.3, -0.25) is 4.79 Å². The van der Waals surface area contributed by atoms with Crippen LogP contribution < -0.4 is 5.32 Å². The van der Waals surface area contributed by atoms with Crippen LogP contribution in [-0.2, 0) is 0 Å². The van der Waals surface area contributed by atoms with Gasteiger partial charge in [-0.05, 0) is 43.5 Å². The first-order chi connectivity index (χ1) is 8.48. The summed E-state index contributed by atoms with van der Waals surface area (Å²) in [6.45, 7) is 6.15. The lowest BCUT2D eigenvalue weighted by Gasteiger charge is -2.31. The zero-order valence-corrected chi connectivity index (χ0v) is 14.2. The van der Waals surface area contributed by atoms with E-state index in [0.29, 0.717) is 0 Å². The van der Waals surface area contributed by atoms with Crippen molar-refractivity contribution < 1.29 is 4.79 Å². The number of benzene rings is 1. The Labute approximate surface area is 126 Å². The average molecular weight is 377 g/mol. The summed E-state index contributed by atoms with van der Waals surface area (Å²) >= 11 is 6.91. The lowest BCUT2D eigenvalue weighted by atomic mass is 9.94. The average Bonchev–Trinajstić information content (AvgIpc) is 2.36. The standard InChI is InChI=1S/C14H19Br2NO/c1-4-14(5-2,9-15)17-13(18)12-7-6-11(16)8-10(12)3/h6-8H,4-5,9H2,1-3H3,(H,17,18). The molecule has 0 unspecified atom stereocenters. The molecule has 0 fully saturated rings. The number of aryl methyl sites for hydroxylation is 1. The van der Waals surface area contributed by atoms with Crippen LogP contribution in [0.15, 0.2) is 22.7 Å². The molecule has 18 heavy (non-hydrogen) atoms. The smallest absolute Gasteiger partial charge is 0.252 e. The Bertz CT molecular complexity index is 420. The van der Waals surface area contributed by atoms with Gasteiger partial charge in [-0.25, -0.2) is 0 Å². The van der Waals surface area contributed by atoms with Crippen molar-refractivity contribution in [1.82, 2.24) is 5.32 Å². The van der Waals surface area contributed by atoms with E-state index in [2.05, 4.69) is 51.0 Å². The summed E-state index contributed by atoms with van der Waals surface area (Å²) in [5, 5.41) is 3.93. The first-order valence-corrected chi connectivity index (χ1v) is 8.04. The van der Waals surface area contributed by atoms with Gasteiger partial charge >= 0.3 is 0 Å². The van der Waals surface area contributed by atoms with Gasteiger partial charge in [0.2, 0.25) is 0 Å². The fourth-order valence-electron chi connectivity index (χ4n) is 1.84. The summed E-state index contributed by atoms with van der Waals surface area (Å²) in [5.74, 6) is 0.00292. The Balaban J connectivity index is 2.94. The number of alkyl halides is 1. The van der Waals surface area contributed by atoms with Crippen molar-refractivity contribution in [2.24, 2.45) is 0 Å². The monoisotopic (exact) mass is 375 g/mol. The van der Waals surface area contributed by atoms with Crippen LogP contribution in [0.3, 0.4) is 0 Å². The van der Waals surface area contributed by atoms with Crippen molar-refractivity contribution >= 4 is 37.8 Å². The second-order valence-corrected chi connectivity index (χ2v) is 6.01. The highest BCUT2D eigenvalue weighted by Gasteiger charge is 2.27. The van der Waals surface area contributed by atoms with Gasteiger partial charge in [-0.15, -0.1) is 0 Å². The van der Waals surface area contributed by atoms with E-state index in [9.17, 15) is 4.79 Å². The van der Waals surface area contributed by atoms with Crippen LogP contribution in [0.5, 0.6) is 0 Å². The minimum Gasteiger partial charge on any atom is -0.346 e. The molecular weight excluding hydrogens is 358 g/mol. The molecule has 4 heteroatoms. The third-order valence-electron chi connectivity index (χ3n) is 3.42. The van der Waals surface area contributed by atoms with Crippen molar-refractivity contribution in [3.05, 3.63) is 33.8 Å². The van der Waals surface area contributed by atoms with Crippen LogP contribution in [-0.4, -0.2) is 16.8 Å². The summed E-state index contributed by atoms with van der Waals surface area (Å²) in [7, 11) is 0. The molecule has 1 aromatic rings. The topological polar surface area (TPSA) is 29.1 Å². The van der Waals surface area contributed by atoms with Crippen molar-refractivity contribution in [2.45, 2.75) is 39.2 Å². The van der Waals surface area contributed by atoms with Crippen LogP contribution in [0, 0.1) is 6.92 Å². The summed E-state index contributed by atoms with van der Waals surface area (Å²) in [4.78, 5) is 12.3. The Morgan fingerprint density at radius 3 is 2.39 bits per heavy atom. The van der Waals surface area contributed by atoms with E-state index in [1.165, 1.54) is 0 Å². The number of carbonyl (C=O) groups is 1. The quantitative estimate of drug-likeness (QED) is 0.756. The third kappa shape index (κ3) is 3.58. The predicted molar refractivity (Wildman–Crippen MR) is 83.5 cm³/mol. The van der Waals surface area contributed by atoms with E-state index in [1.54, 1.807) is 0 Å². The van der Waals surface area contributed by atoms with Crippen LogP contribution >= 0.6 is 31.9 Å². The lowest BCUT2D eigenvalue weighted by Crippen LogP contribution is -2.49. The number of carbonyl (C=O) groups excluding carboxylic acids is 1. The molecule has 0 aliphatic rings. The second kappa shape index (κ2) is 6.71. The van der Waals surface area contributed by atoms with E-state index >= 15 is 0 Å². The van der Waals surface area contributed by atoms with Crippen molar-refractivity contribution in [1.29, 1.82) is 0 Å². The number of nitrogens with one attached hydrogen (secondary N) is 1. The molecular formula is C14H19Br2NO. The zero-order chi connectivity index (χ0) is 13.8. The molecule has 100 valence electrons. The number of hydrogen-bond acceptors (Lipinski definition) is 1. The van der Waals surface area contributed by atoms with E-state index < -0.39 is 0 Å². The molecule has 0 aromatic heterocycles. The maximum atomic E-state index is 12.3. The van der Waals surface area contributed by atoms with Crippen molar-refractivity contribution in [2.75, 3.05) is 5.33 Å². The molecule has 1 N–H and O–H groups in total. The molecule has 0 saturated carbocycles. The van der Waals surface area contributed by atoms with Gasteiger partial charge in [0, 0.05) is 20.9 Å². The number of halogens is 2. The minimum absolute atomic E-state index is 0.00292. The molecule has 2 nitrogen and oxygen atoms in total. The number of amides is 1. The molecule has 0 aliphatic heterocycles. The zero-order valence-electron chi connectivity index (χ0n) is 11.0. The first kappa shape index (κ1) is 15.7. The van der Waals surface area contributed by atoms with Gasteiger partial charge in [0.25, 0.3) is 5.91 Å². The summed E-state index contributed by atoms with van der Waals surface area (Å²) in [5.41, 5.74) is 1.57. The highest BCUT2D eigenvalue weighted by Crippen LogP contribution is 2.21. The highest BCUT2D eigenvalue weighted by atomic mass is 79.9. The summed E-state index contributed by atoms with van der Waals surface area (Å²) in [6.07, 6.45) is 1.83. The highest BCUT2D eigenvalue weighted by molar-refractivity contribution is 9.10. The largest absolute Gasteiger partial charge is 0.346 e. The van der Waals surface area contributed by atoms with Crippen LogP contribution in [0.25, 0.3) is 0 Å². The van der Waals surface area contributed by atoms with E-state index in [-0.39, 0.29) is 11.4 Å². The summed E-state index contributed by atoms with van der Waals surface area (Å²) < 4.78 is 0.995. The van der Waals surface area contributed by atoms with Gasteiger partial charge < -0.3 is 5.32 Å². The molecule has 0 bridgehead atoms. The molecule has 0 atom stereocenters. The normalized spacial score (nSPS) is 11.4. The van der Waals surface area contributed by atoms with Gasteiger partial charge in [-0.1, -0.05) is 45.7 Å². The van der Waals surface area contributed by atoms with Gasteiger partial charge in [-0.2, -0.15) is 0 Å². The molecule has 1 rings (SSSR count). The summed E-state index contributed by atoms with van der Waals surface area (Å²) in [6, 6.07) is 5.72. The van der Waals surface area contributed by atoms with E-state index in [4.69, 9.17) is 0 Å². The molecule has 0 saturated heterocycles. The van der Waals surface area contributed by atoms with E-state index in [1.807, 2.05) is 25.1 Å². The fourth-order valence-corrected chi connectivity index (χ4v) is 3.25. The first-order valence-electron chi connectivity index (χ1n) is 6.12. The molecule has 0 heterocycles. The number of rotatable bonds is 5. The Morgan fingerprint density at radius 2 is 1.94 bits per heavy atom. The predicted octanol–water partition coefficient (Wildman–Crippen LogP) is 4.44. The van der Waals surface area contributed by atoms with Gasteiger partial charge in [0.1, 0.15) is 0 Å². The Morgan fingerprint density at radius 1 is 1.33 bits per heavy atom. The maximum absolute atomic E-state index is 12.3. The van der Waals surface area contributed by atoms with Gasteiger partial charge in [0.05, 0.1) is 0 Å². The SMILES string of the molecule is CCC(CC)(CBr)NC(=O)c1ccc(Br)cc1C. The van der Waals surface area contributed by atoms with Gasteiger partial charge in [0.15, 0.2) is 0 Å². The van der Waals surface area contributed by atoms with E-state index in [0.717, 1.165) is 33.8 Å². The van der Waals surface area contributed by atoms with Crippen LogP contribution in [0.4, 0.5) is 0 Å². The van der Waals surface area contributed by atoms with Crippen molar-refractivity contribution in [3.8, 4) is 0 Å². The maximum Gasteiger partial charge on any atom is 0.252 e. The second-order valence-electron chi connectivity index (χ2n) is 4.53. The fraction of sp³-hybridized carbons (Fsp3) is 0.500. The van der Waals surface area contributed by atoms with Crippen LogP contribution in [0.2, 0.25) is 0 Å². The molecule has 0 radical (unpaired) electrons. The Hall–Kier alpha value is -0.350. The molecule has 0 aliphatic carbocycles. The Kier molecular flexibility index (Phi) is 5.86. The molecule has 1 aromatic carbocycles. The minimum atomic E-state index is -0.156.